The normalized spacial score (nSPS) is 12.2. The van der Waals surface area contributed by atoms with Crippen LogP contribution in [0.5, 0.6) is 5.88 Å². The molecule has 1 aromatic carbocycles. The summed E-state index contributed by atoms with van der Waals surface area (Å²) in [6.45, 7) is 2.07. The fourth-order valence-electron chi connectivity index (χ4n) is 1.75. The van der Waals surface area contributed by atoms with Gasteiger partial charge in [-0.2, -0.15) is 0 Å². The monoisotopic (exact) mass is 290 g/mol. The van der Waals surface area contributed by atoms with Crippen LogP contribution in [0, 0.1) is 6.92 Å². The molecule has 0 spiro atoms. The Morgan fingerprint density at radius 3 is 2.60 bits per heavy atom. The van der Waals surface area contributed by atoms with E-state index in [1.807, 2.05) is 0 Å². The smallest absolute Gasteiger partial charge is 0.237 e. The molecule has 5 nitrogen and oxygen atoms in total. The molecule has 0 saturated carbocycles. The Hall–Kier alpha value is -1.63. The van der Waals surface area contributed by atoms with Crippen LogP contribution < -0.4 is 16.0 Å². The van der Waals surface area contributed by atoms with Crippen molar-refractivity contribution < 1.29 is 4.74 Å². The molecule has 1 unspecified atom stereocenters. The SMILES string of the molecule is COc1nccnc1C(CSc1ccc(C)cc1)NN. The highest BCUT2D eigenvalue weighted by atomic mass is 32.2. The minimum atomic E-state index is -0.120. The summed E-state index contributed by atoms with van der Waals surface area (Å²) in [5.41, 5.74) is 4.74. The second kappa shape index (κ2) is 7.23. The number of ether oxygens (including phenoxy) is 1. The highest BCUT2D eigenvalue weighted by molar-refractivity contribution is 7.99. The Balaban J connectivity index is 2.07. The summed E-state index contributed by atoms with van der Waals surface area (Å²) in [4.78, 5) is 9.64. The number of nitrogens with zero attached hydrogens (tertiary/aromatic N) is 2. The van der Waals surface area contributed by atoms with Crippen molar-refractivity contribution in [3.8, 4) is 5.88 Å². The fraction of sp³-hybridized carbons (Fsp3) is 0.286. The summed E-state index contributed by atoms with van der Waals surface area (Å²) >= 11 is 1.71. The number of aromatic nitrogens is 2. The fourth-order valence-corrected chi connectivity index (χ4v) is 2.69. The lowest BCUT2D eigenvalue weighted by Crippen LogP contribution is -2.30. The van der Waals surface area contributed by atoms with Crippen LogP contribution in [0.15, 0.2) is 41.6 Å². The van der Waals surface area contributed by atoms with Crippen molar-refractivity contribution in [3.05, 3.63) is 47.9 Å². The van der Waals surface area contributed by atoms with Gasteiger partial charge in [0, 0.05) is 23.0 Å². The van der Waals surface area contributed by atoms with Gasteiger partial charge in [-0.3, -0.25) is 16.3 Å². The van der Waals surface area contributed by atoms with E-state index in [2.05, 4.69) is 46.6 Å². The van der Waals surface area contributed by atoms with Gasteiger partial charge in [0.05, 0.1) is 13.2 Å². The van der Waals surface area contributed by atoms with Gasteiger partial charge >= 0.3 is 0 Å². The third-order valence-corrected chi connectivity index (χ3v) is 3.96. The molecule has 0 radical (unpaired) electrons. The molecule has 106 valence electrons. The molecule has 1 aromatic heterocycles. The summed E-state index contributed by atoms with van der Waals surface area (Å²) in [6, 6.07) is 8.26. The lowest BCUT2D eigenvalue weighted by molar-refractivity contribution is 0.381. The van der Waals surface area contributed by atoms with Gasteiger partial charge in [0.2, 0.25) is 5.88 Å². The number of hydrogen-bond acceptors (Lipinski definition) is 6. The van der Waals surface area contributed by atoms with Crippen molar-refractivity contribution >= 4 is 11.8 Å². The summed E-state index contributed by atoms with van der Waals surface area (Å²) in [6.07, 6.45) is 3.24. The Kier molecular flexibility index (Phi) is 5.34. The Morgan fingerprint density at radius 1 is 1.25 bits per heavy atom. The van der Waals surface area contributed by atoms with Gasteiger partial charge in [0.25, 0.3) is 0 Å². The number of nitrogens with two attached hydrogens (primary N) is 1. The third kappa shape index (κ3) is 3.69. The molecule has 6 heteroatoms. The number of hydrazine groups is 1. The number of benzene rings is 1. The molecule has 1 atom stereocenters. The maximum absolute atomic E-state index is 5.63. The first kappa shape index (κ1) is 14.8. The average molecular weight is 290 g/mol. The maximum atomic E-state index is 5.63. The van der Waals surface area contributed by atoms with E-state index in [1.54, 1.807) is 31.3 Å². The van der Waals surface area contributed by atoms with Crippen LogP contribution in [0.3, 0.4) is 0 Å². The summed E-state index contributed by atoms with van der Waals surface area (Å²) < 4.78 is 5.22. The minimum absolute atomic E-state index is 0.120. The molecule has 0 bridgehead atoms. The van der Waals surface area contributed by atoms with Crippen LogP contribution in [0.2, 0.25) is 0 Å². The molecule has 0 fully saturated rings. The molecule has 0 aliphatic carbocycles. The first-order valence-corrected chi connectivity index (χ1v) is 7.23. The van der Waals surface area contributed by atoms with Gasteiger partial charge in [-0.15, -0.1) is 11.8 Å². The van der Waals surface area contributed by atoms with Crippen molar-refractivity contribution in [2.75, 3.05) is 12.9 Å². The maximum Gasteiger partial charge on any atom is 0.237 e. The van der Waals surface area contributed by atoms with Gasteiger partial charge in [0.1, 0.15) is 5.69 Å². The first-order valence-electron chi connectivity index (χ1n) is 6.25. The van der Waals surface area contributed by atoms with Crippen LogP contribution >= 0.6 is 11.8 Å². The molecular formula is C14H18N4OS. The zero-order valence-electron chi connectivity index (χ0n) is 11.5. The van der Waals surface area contributed by atoms with E-state index >= 15 is 0 Å². The Morgan fingerprint density at radius 2 is 1.95 bits per heavy atom. The average Bonchev–Trinajstić information content (AvgIpc) is 2.50. The Bertz CT molecular complexity index is 547. The van der Waals surface area contributed by atoms with Crippen molar-refractivity contribution in [1.82, 2.24) is 15.4 Å². The van der Waals surface area contributed by atoms with Crippen LogP contribution in [-0.4, -0.2) is 22.8 Å². The Labute approximate surface area is 122 Å². The predicted molar refractivity (Wildman–Crippen MR) is 80.6 cm³/mol. The molecule has 3 N–H and O–H groups in total. The second-order valence-corrected chi connectivity index (χ2v) is 5.39. The molecule has 20 heavy (non-hydrogen) atoms. The third-order valence-electron chi connectivity index (χ3n) is 2.85. The van der Waals surface area contributed by atoms with E-state index in [9.17, 15) is 0 Å². The second-order valence-electron chi connectivity index (χ2n) is 4.29. The molecule has 1 heterocycles. The lowest BCUT2D eigenvalue weighted by atomic mass is 10.2. The molecule has 0 aliphatic rings. The van der Waals surface area contributed by atoms with Crippen molar-refractivity contribution in [2.24, 2.45) is 5.84 Å². The molecule has 2 rings (SSSR count). The number of hydrogen-bond donors (Lipinski definition) is 2. The van der Waals surface area contributed by atoms with Gasteiger partial charge in [-0.05, 0) is 19.1 Å². The van der Waals surface area contributed by atoms with Gasteiger partial charge in [-0.25, -0.2) is 4.98 Å². The number of aryl methyl sites for hydroxylation is 1. The van der Waals surface area contributed by atoms with Gasteiger partial charge in [0.15, 0.2) is 0 Å². The van der Waals surface area contributed by atoms with Crippen LogP contribution in [-0.2, 0) is 0 Å². The zero-order chi connectivity index (χ0) is 14.4. The van der Waals surface area contributed by atoms with E-state index in [1.165, 1.54) is 10.5 Å². The molecule has 0 saturated heterocycles. The number of thioether (sulfide) groups is 1. The summed E-state index contributed by atoms with van der Waals surface area (Å²) in [7, 11) is 1.58. The van der Waals surface area contributed by atoms with Crippen molar-refractivity contribution in [2.45, 2.75) is 17.9 Å². The molecular weight excluding hydrogens is 272 g/mol. The van der Waals surface area contributed by atoms with E-state index in [0.29, 0.717) is 5.88 Å². The zero-order valence-corrected chi connectivity index (χ0v) is 12.4. The number of nitrogens with one attached hydrogen (secondary N) is 1. The van der Waals surface area contributed by atoms with Crippen molar-refractivity contribution in [1.29, 1.82) is 0 Å². The molecule has 2 aromatic rings. The first-order chi connectivity index (χ1) is 9.74. The van der Waals surface area contributed by atoms with E-state index in [-0.39, 0.29) is 6.04 Å². The van der Waals surface area contributed by atoms with E-state index < -0.39 is 0 Å². The summed E-state index contributed by atoms with van der Waals surface area (Å²) in [5.74, 6) is 6.87. The highest BCUT2D eigenvalue weighted by Crippen LogP contribution is 2.27. The molecule has 0 amide bonds. The van der Waals surface area contributed by atoms with Crippen LogP contribution in [0.1, 0.15) is 17.3 Å². The van der Waals surface area contributed by atoms with Crippen molar-refractivity contribution in [3.63, 3.8) is 0 Å². The highest BCUT2D eigenvalue weighted by Gasteiger charge is 2.17. The number of methoxy groups -OCH3 is 1. The predicted octanol–water partition coefficient (Wildman–Crippen LogP) is 2.09. The van der Waals surface area contributed by atoms with E-state index in [0.717, 1.165) is 11.4 Å². The topological polar surface area (TPSA) is 73.1 Å². The van der Waals surface area contributed by atoms with Crippen LogP contribution in [0.25, 0.3) is 0 Å². The summed E-state index contributed by atoms with van der Waals surface area (Å²) in [5, 5.41) is 0. The van der Waals surface area contributed by atoms with Gasteiger partial charge in [-0.1, -0.05) is 17.7 Å². The lowest BCUT2D eigenvalue weighted by Gasteiger charge is -2.16. The number of rotatable bonds is 6. The van der Waals surface area contributed by atoms with Gasteiger partial charge < -0.3 is 4.74 Å². The largest absolute Gasteiger partial charge is 0.480 e. The van der Waals surface area contributed by atoms with E-state index in [4.69, 9.17) is 10.6 Å². The van der Waals surface area contributed by atoms with Crippen LogP contribution in [0.4, 0.5) is 0 Å². The quantitative estimate of drug-likeness (QED) is 0.482. The minimum Gasteiger partial charge on any atom is -0.480 e. The standard InChI is InChI=1S/C14H18N4OS/c1-10-3-5-11(6-4-10)20-9-12(18-15)13-14(19-2)17-8-7-16-13/h3-8,12,18H,9,15H2,1-2H3. The molecule has 0 aliphatic heterocycles.